The number of carbonyl (C=O) groups excluding carboxylic acids is 2. The van der Waals surface area contributed by atoms with Gasteiger partial charge in [0.2, 0.25) is 5.91 Å². The Labute approximate surface area is 129 Å². The minimum absolute atomic E-state index is 0.0183. The van der Waals surface area contributed by atoms with Crippen LogP contribution in [0.25, 0.3) is 10.8 Å². The summed E-state index contributed by atoms with van der Waals surface area (Å²) in [5.74, 6) is -0.576. The lowest BCUT2D eigenvalue weighted by atomic mass is 9.92. The van der Waals surface area contributed by atoms with Crippen molar-refractivity contribution in [2.75, 3.05) is 6.54 Å². The zero-order valence-corrected chi connectivity index (χ0v) is 12.7. The third kappa shape index (κ3) is 2.56. The number of primary amides is 1. The van der Waals surface area contributed by atoms with Crippen molar-refractivity contribution in [2.45, 2.75) is 25.8 Å². The molecule has 1 saturated heterocycles. The molecule has 0 unspecified atom stereocenters. The third-order valence-corrected chi connectivity index (χ3v) is 4.57. The monoisotopic (exact) mass is 296 g/mol. The van der Waals surface area contributed by atoms with Crippen LogP contribution in [-0.4, -0.2) is 29.3 Å². The lowest BCUT2D eigenvalue weighted by molar-refractivity contribution is -0.123. The van der Waals surface area contributed by atoms with Gasteiger partial charge >= 0.3 is 0 Å². The maximum absolute atomic E-state index is 13.0. The Morgan fingerprint density at radius 3 is 2.59 bits per heavy atom. The van der Waals surface area contributed by atoms with Crippen molar-refractivity contribution in [3.8, 4) is 0 Å². The molecule has 114 valence electrons. The smallest absolute Gasteiger partial charge is 0.254 e. The lowest BCUT2D eigenvalue weighted by Gasteiger charge is -2.37. The molecule has 0 radical (unpaired) electrons. The Morgan fingerprint density at radius 2 is 1.82 bits per heavy atom. The lowest BCUT2D eigenvalue weighted by Crippen LogP contribution is -2.48. The van der Waals surface area contributed by atoms with Crippen molar-refractivity contribution < 1.29 is 9.59 Å². The summed E-state index contributed by atoms with van der Waals surface area (Å²) in [5.41, 5.74) is 6.12. The van der Waals surface area contributed by atoms with Crippen molar-refractivity contribution in [1.82, 2.24) is 4.90 Å². The van der Waals surface area contributed by atoms with Crippen LogP contribution in [0.1, 0.15) is 30.1 Å². The first kappa shape index (κ1) is 14.6. The normalized spacial score (nSPS) is 21.8. The molecule has 2 aromatic rings. The first-order valence-electron chi connectivity index (χ1n) is 7.66. The van der Waals surface area contributed by atoms with E-state index >= 15 is 0 Å². The molecule has 4 heteroatoms. The number of carbonyl (C=O) groups is 2. The molecular weight excluding hydrogens is 276 g/mol. The van der Waals surface area contributed by atoms with E-state index in [0.29, 0.717) is 12.1 Å². The summed E-state index contributed by atoms with van der Waals surface area (Å²) >= 11 is 0. The fourth-order valence-corrected chi connectivity index (χ4v) is 3.19. The summed E-state index contributed by atoms with van der Waals surface area (Å²) in [5, 5.41) is 1.99. The topological polar surface area (TPSA) is 63.4 Å². The van der Waals surface area contributed by atoms with Gasteiger partial charge in [-0.25, -0.2) is 0 Å². The highest BCUT2D eigenvalue weighted by molar-refractivity contribution is 6.07. The van der Waals surface area contributed by atoms with Crippen molar-refractivity contribution in [2.24, 2.45) is 11.7 Å². The molecule has 3 rings (SSSR count). The highest BCUT2D eigenvalue weighted by Crippen LogP contribution is 2.26. The molecule has 22 heavy (non-hydrogen) atoms. The van der Waals surface area contributed by atoms with Gasteiger partial charge in [-0.1, -0.05) is 36.4 Å². The SMILES string of the molecule is C[C@H]1CC[C@H](C(N)=O)CN1C(=O)c1cccc2ccccc12. The second-order valence-corrected chi connectivity index (χ2v) is 6.01. The van der Waals surface area contributed by atoms with E-state index < -0.39 is 0 Å². The van der Waals surface area contributed by atoms with E-state index in [1.807, 2.05) is 49.4 Å². The minimum Gasteiger partial charge on any atom is -0.369 e. The molecule has 0 saturated carbocycles. The number of nitrogens with two attached hydrogens (primary N) is 1. The predicted molar refractivity (Wildman–Crippen MR) is 86.4 cm³/mol. The van der Waals surface area contributed by atoms with Crippen LogP contribution in [0.3, 0.4) is 0 Å². The molecule has 2 aromatic carbocycles. The minimum atomic E-state index is -0.317. The average molecular weight is 296 g/mol. The number of hydrogen-bond acceptors (Lipinski definition) is 2. The summed E-state index contributed by atoms with van der Waals surface area (Å²) in [6.45, 7) is 2.44. The van der Waals surface area contributed by atoms with Gasteiger partial charge in [-0.3, -0.25) is 9.59 Å². The molecule has 2 N–H and O–H groups in total. The molecule has 0 spiro atoms. The van der Waals surface area contributed by atoms with Crippen molar-refractivity contribution in [3.63, 3.8) is 0 Å². The van der Waals surface area contributed by atoms with Gasteiger partial charge in [0, 0.05) is 18.2 Å². The molecular formula is C18H20N2O2. The van der Waals surface area contributed by atoms with Crippen LogP contribution >= 0.6 is 0 Å². The van der Waals surface area contributed by atoms with Crippen molar-refractivity contribution in [1.29, 1.82) is 0 Å². The molecule has 0 aromatic heterocycles. The summed E-state index contributed by atoms with van der Waals surface area (Å²) in [6.07, 6.45) is 1.57. The van der Waals surface area contributed by atoms with Crippen LogP contribution in [0, 0.1) is 5.92 Å². The predicted octanol–water partition coefficient (Wildman–Crippen LogP) is 2.57. The number of likely N-dealkylation sites (tertiary alicyclic amines) is 1. The first-order chi connectivity index (χ1) is 10.6. The molecule has 2 amide bonds. The van der Waals surface area contributed by atoms with Gasteiger partial charge in [-0.05, 0) is 36.6 Å². The maximum Gasteiger partial charge on any atom is 0.254 e. The van der Waals surface area contributed by atoms with Crippen molar-refractivity contribution in [3.05, 3.63) is 48.0 Å². The average Bonchev–Trinajstić information content (AvgIpc) is 2.54. The van der Waals surface area contributed by atoms with Gasteiger partial charge in [-0.15, -0.1) is 0 Å². The second-order valence-electron chi connectivity index (χ2n) is 6.01. The third-order valence-electron chi connectivity index (χ3n) is 4.57. The van der Waals surface area contributed by atoms with Crippen LogP contribution in [-0.2, 0) is 4.79 Å². The van der Waals surface area contributed by atoms with Crippen molar-refractivity contribution >= 4 is 22.6 Å². The second kappa shape index (κ2) is 5.79. The number of piperidine rings is 1. The largest absolute Gasteiger partial charge is 0.369 e. The van der Waals surface area contributed by atoms with E-state index in [1.165, 1.54) is 0 Å². The molecule has 1 aliphatic rings. The van der Waals surface area contributed by atoms with Gasteiger partial charge in [0.25, 0.3) is 5.91 Å². The number of rotatable bonds is 2. The van der Waals surface area contributed by atoms with E-state index in [1.54, 1.807) is 4.90 Å². The Bertz CT molecular complexity index is 721. The highest BCUT2D eigenvalue weighted by atomic mass is 16.2. The first-order valence-corrected chi connectivity index (χ1v) is 7.66. The molecule has 0 aliphatic carbocycles. The van der Waals surface area contributed by atoms with E-state index in [4.69, 9.17) is 5.73 Å². The van der Waals surface area contributed by atoms with Gasteiger partial charge in [-0.2, -0.15) is 0 Å². The number of hydrogen-bond donors (Lipinski definition) is 1. The Balaban J connectivity index is 1.96. The van der Waals surface area contributed by atoms with Crippen LogP contribution in [0.2, 0.25) is 0 Å². The maximum atomic E-state index is 13.0. The van der Waals surface area contributed by atoms with Gasteiger partial charge in [0.05, 0.1) is 5.92 Å². The van der Waals surface area contributed by atoms with E-state index in [0.717, 1.165) is 23.6 Å². The molecule has 2 atom stereocenters. The van der Waals surface area contributed by atoms with Crippen LogP contribution < -0.4 is 5.73 Å². The summed E-state index contributed by atoms with van der Waals surface area (Å²) in [6, 6.07) is 13.7. The van der Waals surface area contributed by atoms with E-state index in [9.17, 15) is 9.59 Å². The number of amides is 2. The Morgan fingerprint density at radius 1 is 1.09 bits per heavy atom. The van der Waals surface area contributed by atoms with Crippen LogP contribution in [0.15, 0.2) is 42.5 Å². The van der Waals surface area contributed by atoms with Gasteiger partial charge < -0.3 is 10.6 Å². The molecule has 1 fully saturated rings. The zero-order valence-electron chi connectivity index (χ0n) is 12.7. The highest BCUT2D eigenvalue weighted by Gasteiger charge is 2.32. The fourth-order valence-electron chi connectivity index (χ4n) is 3.19. The molecule has 4 nitrogen and oxygen atoms in total. The molecule has 1 aliphatic heterocycles. The fraction of sp³-hybridized carbons (Fsp3) is 0.333. The van der Waals surface area contributed by atoms with Crippen LogP contribution in [0.5, 0.6) is 0 Å². The van der Waals surface area contributed by atoms with E-state index in [-0.39, 0.29) is 23.8 Å². The Kier molecular flexibility index (Phi) is 3.84. The van der Waals surface area contributed by atoms with E-state index in [2.05, 4.69) is 0 Å². The number of nitrogens with zero attached hydrogens (tertiary/aromatic N) is 1. The quantitative estimate of drug-likeness (QED) is 0.925. The molecule has 1 heterocycles. The van der Waals surface area contributed by atoms with Crippen LogP contribution in [0.4, 0.5) is 0 Å². The van der Waals surface area contributed by atoms with Gasteiger partial charge in [0.15, 0.2) is 0 Å². The summed E-state index contributed by atoms with van der Waals surface area (Å²) < 4.78 is 0. The van der Waals surface area contributed by atoms with Gasteiger partial charge in [0.1, 0.15) is 0 Å². The zero-order chi connectivity index (χ0) is 15.7. The number of fused-ring (bicyclic) bond motifs is 1. The number of benzene rings is 2. The summed E-state index contributed by atoms with van der Waals surface area (Å²) in [7, 11) is 0. The molecule has 0 bridgehead atoms. The Hall–Kier alpha value is -2.36. The summed E-state index contributed by atoms with van der Waals surface area (Å²) in [4.78, 5) is 26.2. The standard InChI is InChI=1S/C18H20N2O2/c1-12-9-10-14(17(19)21)11-20(12)18(22)16-8-4-6-13-5-2-3-7-15(13)16/h2-8,12,14H,9-11H2,1H3,(H2,19,21)/t12-,14-/m0/s1.